The first-order valence-electron chi connectivity index (χ1n) is 12.2. The van der Waals surface area contributed by atoms with Gasteiger partial charge in [0, 0.05) is 11.1 Å². The number of benzene rings is 2. The van der Waals surface area contributed by atoms with Gasteiger partial charge in [-0.25, -0.2) is 0 Å². The first kappa shape index (κ1) is 36.3. The van der Waals surface area contributed by atoms with Crippen molar-refractivity contribution >= 4 is 30.5 Å². The van der Waals surface area contributed by atoms with Crippen LogP contribution >= 0.6 is 12.6 Å². The molecule has 7 nitrogen and oxygen atoms in total. The second kappa shape index (κ2) is 17.1. The summed E-state index contributed by atoms with van der Waals surface area (Å²) in [5.74, 6) is -5.93. The van der Waals surface area contributed by atoms with Crippen molar-refractivity contribution in [2.24, 2.45) is 0 Å². The molecule has 0 saturated carbocycles. The maximum absolute atomic E-state index is 13.8. The maximum atomic E-state index is 13.8. The van der Waals surface area contributed by atoms with Crippen LogP contribution < -0.4 is 9.47 Å². The van der Waals surface area contributed by atoms with Gasteiger partial charge in [-0.05, 0) is 30.9 Å². The predicted molar refractivity (Wildman–Crippen MR) is 151 cm³/mol. The van der Waals surface area contributed by atoms with Crippen LogP contribution in [0.2, 0.25) is 0 Å². The molecule has 220 valence electrons. The number of furan rings is 1. The van der Waals surface area contributed by atoms with Gasteiger partial charge < -0.3 is 19.0 Å². The van der Waals surface area contributed by atoms with E-state index in [1.807, 2.05) is 13.8 Å². The Bertz CT molecular complexity index is 1280. The van der Waals surface area contributed by atoms with Gasteiger partial charge in [-0.15, -0.1) is 0 Å². The number of aldehydes is 1. The smallest absolute Gasteiger partial charge is 0.450 e. The summed E-state index contributed by atoms with van der Waals surface area (Å²) in [7, 11) is 2.41. The lowest BCUT2D eigenvalue weighted by molar-refractivity contribution is -0.153. The molecule has 3 rings (SSSR count). The Labute approximate surface area is 237 Å². The molecule has 0 unspecified atom stereocenters. The highest BCUT2D eigenvalue weighted by atomic mass is 32.1. The minimum Gasteiger partial charge on any atom is -0.504 e. The highest BCUT2D eigenvalue weighted by Gasteiger charge is 2.44. The highest BCUT2D eigenvalue weighted by Crippen LogP contribution is 2.41. The number of aromatic hydroxyl groups is 1. The molecule has 0 spiro atoms. The maximum Gasteiger partial charge on any atom is 0.450 e. The van der Waals surface area contributed by atoms with Gasteiger partial charge in [0.2, 0.25) is 11.5 Å². The molecule has 11 heteroatoms. The number of thiol groups is 1. The summed E-state index contributed by atoms with van der Waals surface area (Å²) in [6.45, 7) is 9.80. The van der Waals surface area contributed by atoms with Gasteiger partial charge in [0.25, 0.3) is 0 Å². The Morgan fingerprint density at radius 2 is 1.55 bits per heavy atom. The third-order valence-electron chi connectivity index (χ3n) is 4.87. The van der Waals surface area contributed by atoms with E-state index in [1.54, 1.807) is 25.3 Å². The van der Waals surface area contributed by atoms with Gasteiger partial charge in [-0.3, -0.25) is 14.4 Å². The molecule has 0 amide bonds. The number of ether oxygens (including phenoxy) is 2. The van der Waals surface area contributed by atoms with E-state index < -0.39 is 51.7 Å². The summed E-state index contributed by atoms with van der Waals surface area (Å²) >= 11 is 3.53. The van der Waals surface area contributed by atoms with E-state index in [0.29, 0.717) is 5.56 Å². The molecule has 0 aliphatic carbocycles. The highest BCUT2D eigenvalue weighted by molar-refractivity contribution is 7.79. The summed E-state index contributed by atoms with van der Waals surface area (Å²) in [5.41, 5.74) is -2.03. The normalized spacial score (nSPS) is 10.0. The largest absolute Gasteiger partial charge is 0.504 e. The van der Waals surface area contributed by atoms with Crippen molar-refractivity contribution in [3.05, 3.63) is 75.7 Å². The fraction of sp³-hybridized carbons (Fsp3) is 0.345. The summed E-state index contributed by atoms with van der Waals surface area (Å²) in [6, 6.07) is 7.90. The van der Waals surface area contributed by atoms with E-state index in [4.69, 9.17) is 9.47 Å². The SMILES string of the molecule is CC.CCC.COc1cc(C(=O)c2c(C(F)(F)F)oc(C=O)c2C(=O)c2ccccc2C)cc(O)c1OC.CS. The number of hydrogen-bond acceptors (Lipinski definition) is 8. The number of phenols is 1. The van der Waals surface area contributed by atoms with Crippen LogP contribution in [-0.4, -0.2) is 43.4 Å². The van der Waals surface area contributed by atoms with E-state index in [0.717, 1.165) is 12.1 Å². The number of rotatable bonds is 7. The van der Waals surface area contributed by atoms with Gasteiger partial charge >= 0.3 is 6.18 Å². The Balaban J connectivity index is 0.00000199. The second-order valence-electron chi connectivity index (χ2n) is 7.57. The van der Waals surface area contributed by atoms with E-state index in [9.17, 15) is 32.7 Å². The van der Waals surface area contributed by atoms with Crippen molar-refractivity contribution in [1.29, 1.82) is 0 Å². The molecule has 0 aliphatic heterocycles. The van der Waals surface area contributed by atoms with Gasteiger partial charge in [0.05, 0.1) is 25.3 Å². The Kier molecular flexibility index (Phi) is 15.5. The lowest BCUT2D eigenvalue weighted by Crippen LogP contribution is -2.16. The van der Waals surface area contributed by atoms with Crippen molar-refractivity contribution in [3.63, 3.8) is 0 Å². The Morgan fingerprint density at radius 3 is 2.00 bits per heavy atom. The third-order valence-corrected chi connectivity index (χ3v) is 4.87. The topological polar surface area (TPSA) is 103 Å². The minimum atomic E-state index is -5.20. The number of halogens is 3. The quantitative estimate of drug-likeness (QED) is 0.168. The molecule has 1 heterocycles. The van der Waals surface area contributed by atoms with Crippen LogP contribution in [0.5, 0.6) is 17.2 Å². The van der Waals surface area contributed by atoms with Crippen LogP contribution in [0.3, 0.4) is 0 Å². The van der Waals surface area contributed by atoms with Gasteiger partial charge in [0.15, 0.2) is 35.1 Å². The minimum absolute atomic E-state index is 0.0145. The lowest BCUT2D eigenvalue weighted by atomic mass is 9.91. The average molecular weight is 585 g/mol. The monoisotopic (exact) mass is 584 g/mol. The van der Waals surface area contributed by atoms with Crippen molar-refractivity contribution in [2.45, 2.75) is 47.2 Å². The molecule has 1 aromatic heterocycles. The number of methoxy groups -OCH3 is 2. The first-order valence-corrected chi connectivity index (χ1v) is 13.1. The number of alkyl halides is 3. The average Bonchev–Trinajstić information content (AvgIpc) is 3.35. The fourth-order valence-electron chi connectivity index (χ4n) is 3.36. The van der Waals surface area contributed by atoms with Crippen LogP contribution in [0, 0.1) is 6.92 Å². The molecule has 0 saturated heterocycles. The van der Waals surface area contributed by atoms with E-state index in [-0.39, 0.29) is 23.3 Å². The molecular weight excluding hydrogens is 549 g/mol. The van der Waals surface area contributed by atoms with E-state index in [2.05, 4.69) is 30.9 Å². The molecular formula is C29H35F3O7S. The van der Waals surface area contributed by atoms with Crippen molar-refractivity contribution < 1.29 is 46.6 Å². The zero-order chi connectivity index (χ0) is 31.2. The molecule has 40 heavy (non-hydrogen) atoms. The number of carbonyl (C=O) groups excluding carboxylic acids is 3. The molecule has 0 bridgehead atoms. The number of aryl methyl sites for hydroxylation is 1. The van der Waals surface area contributed by atoms with Crippen LogP contribution in [0.25, 0.3) is 0 Å². The predicted octanol–water partition coefficient (Wildman–Crippen LogP) is 7.59. The summed E-state index contributed by atoms with van der Waals surface area (Å²) in [5, 5.41) is 10.1. The van der Waals surface area contributed by atoms with Crippen LogP contribution in [0.15, 0.2) is 40.8 Å². The zero-order valence-electron chi connectivity index (χ0n) is 23.7. The Hall–Kier alpha value is -3.73. The van der Waals surface area contributed by atoms with Crippen LogP contribution in [0.1, 0.15) is 87.8 Å². The number of phenolic OH excluding ortho intramolecular Hbond substituents is 1. The summed E-state index contributed by atoms with van der Waals surface area (Å²) in [4.78, 5) is 38.0. The van der Waals surface area contributed by atoms with Gasteiger partial charge in [-0.2, -0.15) is 25.8 Å². The number of hydrogen-bond donors (Lipinski definition) is 2. The molecule has 3 aromatic rings. The lowest BCUT2D eigenvalue weighted by Gasteiger charge is -2.12. The molecule has 0 radical (unpaired) electrons. The van der Waals surface area contributed by atoms with Crippen molar-refractivity contribution in [2.75, 3.05) is 20.5 Å². The van der Waals surface area contributed by atoms with Gasteiger partial charge in [-0.1, -0.05) is 58.4 Å². The molecule has 2 aromatic carbocycles. The molecule has 0 aliphatic rings. The number of ketones is 2. The zero-order valence-corrected chi connectivity index (χ0v) is 24.6. The summed E-state index contributed by atoms with van der Waals surface area (Å²) < 4.78 is 56.0. The fourth-order valence-corrected chi connectivity index (χ4v) is 3.36. The molecule has 0 atom stereocenters. The molecule has 0 fully saturated rings. The molecule has 1 N–H and O–H groups in total. The van der Waals surface area contributed by atoms with Crippen LogP contribution in [-0.2, 0) is 6.18 Å². The van der Waals surface area contributed by atoms with Crippen LogP contribution in [0.4, 0.5) is 13.2 Å². The second-order valence-corrected chi connectivity index (χ2v) is 7.57. The third kappa shape index (κ3) is 8.38. The van der Waals surface area contributed by atoms with Gasteiger partial charge in [0.1, 0.15) is 0 Å². The van der Waals surface area contributed by atoms with Crippen molar-refractivity contribution in [3.8, 4) is 17.2 Å². The van der Waals surface area contributed by atoms with E-state index in [1.165, 1.54) is 32.8 Å². The Morgan fingerprint density at radius 1 is 1.00 bits per heavy atom. The van der Waals surface area contributed by atoms with Crippen molar-refractivity contribution in [1.82, 2.24) is 0 Å². The standard InChI is InChI=1S/C23H17F3O7.C3H8.C2H6.CH4S/c1-11-6-4-5-7-13(11)20(30)17-16(10-27)33-22(23(24,25)26)18(17)19(29)12-8-14(28)21(32-3)15(9-12)31-2;1-3-2;2*1-2/h4-10,28H,1-3H3;3H2,1-2H3;1-2H3;2H,1H3. The van der Waals surface area contributed by atoms with E-state index >= 15 is 0 Å². The number of carbonyl (C=O) groups is 3. The summed E-state index contributed by atoms with van der Waals surface area (Å²) in [6.07, 6.45) is -2.32. The first-order chi connectivity index (χ1) is 19.0.